The van der Waals surface area contributed by atoms with Crippen molar-refractivity contribution in [1.82, 2.24) is 9.88 Å². The van der Waals surface area contributed by atoms with Crippen LogP contribution in [0.3, 0.4) is 0 Å². The zero-order chi connectivity index (χ0) is 25.6. The number of hydrogen-bond acceptors (Lipinski definition) is 8. The van der Waals surface area contributed by atoms with Gasteiger partial charge in [-0.2, -0.15) is 0 Å². The maximum Gasteiger partial charge on any atom is 0.320 e. The molecule has 10 heteroatoms. The number of methoxy groups -OCH3 is 1. The van der Waals surface area contributed by atoms with Crippen LogP contribution in [0, 0.1) is 0 Å². The molecule has 1 aliphatic heterocycles. The summed E-state index contributed by atoms with van der Waals surface area (Å²) in [6.45, 7) is 6.85. The van der Waals surface area contributed by atoms with E-state index in [2.05, 4.69) is 10.3 Å². The van der Waals surface area contributed by atoms with Gasteiger partial charge in [-0.3, -0.25) is 19.9 Å². The Hall–Kier alpha value is -3.50. The maximum atomic E-state index is 13.2. The second-order valence-corrected chi connectivity index (χ2v) is 8.69. The van der Waals surface area contributed by atoms with Crippen LogP contribution in [0.25, 0.3) is 0 Å². The van der Waals surface area contributed by atoms with E-state index in [1.54, 1.807) is 43.5 Å². The number of nitrogens with two attached hydrogens (primary N) is 2. The van der Waals surface area contributed by atoms with Crippen LogP contribution in [0.5, 0.6) is 5.88 Å². The summed E-state index contributed by atoms with van der Waals surface area (Å²) in [7, 11) is 1.49. The Morgan fingerprint density at radius 1 is 1.29 bits per heavy atom. The third kappa shape index (κ3) is 6.34. The number of anilines is 2. The zero-order valence-electron chi connectivity index (χ0n) is 20.7. The molecule has 1 amide bonds. The summed E-state index contributed by atoms with van der Waals surface area (Å²) in [6.07, 6.45) is 2.08. The molecular weight excluding hydrogens is 450 g/mol. The van der Waals surface area contributed by atoms with Gasteiger partial charge in [-0.1, -0.05) is 0 Å². The van der Waals surface area contributed by atoms with E-state index in [4.69, 9.17) is 25.4 Å². The van der Waals surface area contributed by atoms with Gasteiger partial charge in [0.2, 0.25) is 11.6 Å². The topological polar surface area (TPSA) is 142 Å². The number of esters is 1. The Labute approximate surface area is 205 Å². The molecule has 0 bridgehead atoms. The molecule has 1 saturated heterocycles. The summed E-state index contributed by atoms with van der Waals surface area (Å²) < 4.78 is 16.2. The molecule has 0 aliphatic carbocycles. The molecule has 1 atom stereocenters. The van der Waals surface area contributed by atoms with Crippen LogP contribution < -0.4 is 21.2 Å². The van der Waals surface area contributed by atoms with Crippen molar-refractivity contribution in [2.75, 3.05) is 44.4 Å². The molecule has 1 aromatic heterocycles. The smallest absolute Gasteiger partial charge is 0.320 e. The highest BCUT2D eigenvalue weighted by atomic mass is 16.5. The van der Waals surface area contributed by atoms with Gasteiger partial charge in [-0.25, -0.2) is 4.98 Å². The lowest BCUT2D eigenvalue weighted by Gasteiger charge is -2.26. The highest BCUT2D eigenvalue weighted by molar-refractivity contribution is 6.12. The second kappa shape index (κ2) is 11.3. The van der Waals surface area contributed by atoms with Crippen molar-refractivity contribution in [1.29, 1.82) is 0 Å². The van der Waals surface area contributed by atoms with Gasteiger partial charge in [0.05, 0.1) is 30.4 Å². The molecule has 1 fully saturated rings. The number of nitrogens with zero attached hydrogens (tertiary/aromatic N) is 2. The number of carbonyl (C=O) groups excluding carboxylic acids is 2. The number of pyridine rings is 1. The maximum absolute atomic E-state index is 13.2. The Bertz CT molecular complexity index is 1070. The van der Waals surface area contributed by atoms with E-state index in [-0.39, 0.29) is 31.1 Å². The number of hydrogen-bond donors (Lipinski definition) is 3. The van der Waals surface area contributed by atoms with E-state index in [9.17, 15) is 9.59 Å². The molecule has 2 heterocycles. The third-order valence-electron chi connectivity index (χ3n) is 5.78. The molecule has 1 aliphatic rings. The second-order valence-electron chi connectivity index (χ2n) is 8.69. The molecule has 1 aromatic carbocycles. The summed E-state index contributed by atoms with van der Waals surface area (Å²) in [5.74, 6) is -0.131. The van der Waals surface area contributed by atoms with E-state index in [1.807, 2.05) is 18.7 Å². The van der Waals surface area contributed by atoms with Crippen molar-refractivity contribution >= 4 is 29.0 Å². The molecule has 0 radical (unpaired) electrons. The molecule has 0 unspecified atom stereocenters. The van der Waals surface area contributed by atoms with Crippen LogP contribution in [0.2, 0.25) is 0 Å². The summed E-state index contributed by atoms with van der Waals surface area (Å²) in [5, 5.41) is 9.31. The molecule has 5 N–H and O–H groups in total. The first-order valence-electron chi connectivity index (χ1n) is 11.6. The molecule has 188 valence electrons. The number of benzene rings is 1. The van der Waals surface area contributed by atoms with E-state index in [0.717, 1.165) is 0 Å². The quantitative estimate of drug-likeness (QED) is 0.253. The predicted molar refractivity (Wildman–Crippen MR) is 132 cm³/mol. The first-order valence-corrected chi connectivity index (χ1v) is 11.6. The number of nitrogen functional groups attached to an aromatic ring is 1. The largest absolute Gasteiger partial charge is 0.475 e. The molecule has 35 heavy (non-hydrogen) atoms. The van der Waals surface area contributed by atoms with Crippen LogP contribution in [-0.4, -0.2) is 72.5 Å². The molecular formula is C25H34N5O5+. The van der Waals surface area contributed by atoms with Crippen LogP contribution in [0.4, 0.5) is 11.4 Å². The Morgan fingerprint density at radius 3 is 2.69 bits per heavy atom. The van der Waals surface area contributed by atoms with Gasteiger partial charge < -0.3 is 25.3 Å². The van der Waals surface area contributed by atoms with Crippen molar-refractivity contribution in [2.45, 2.75) is 38.9 Å². The zero-order valence-corrected chi connectivity index (χ0v) is 20.7. The minimum absolute atomic E-state index is 0.0121. The lowest BCUT2D eigenvalue weighted by atomic mass is 10.00. The van der Waals surface area contributed by atoms with Gasteiger partial charge in [-0.15, -0.1) is 0 Å². The normalized spacial score (nSPS) is 17.9. The van der Waals surface area contributed by atoms with Crippen LogP contribution in [0.15, 0.2) is 36.5 Å². The highest BCUT2D eigenvalue weighted by Crippen LogP contribution is 2.28. The van der Waals surface area contributed by atoms with Gasteiger partial charge in [-0.05, 0) is 51.5 Å². The standard InChI is InChI=1S/C25H33N5O5/c1-5-34-22(31)14-30-11-10-25(15-30,33-4)24(32)29-18-7-8-20(26)19(12-18)23(27)17-6-9-21(28-13-17)35-16(2)3/h6-9,12-13,16,27H,5,10-11,14-15,26H2,1-4H3,(H,29,32)/p+1/t25-/m0/s1. The number of nitrogens with one attached hydrogen (secondary N) is 1. The van der Waals surface area contributed by atoms with Crippen molar-refractivity contribution < 1.29 is 29.2 Å². The number of rotatable bonds is 10. The average molecular weight is 485 g/mol. The monoisotopic (exact) mass is 484 g/mol. The number of aromatic nitrogens is 1. The van der Waals surface area contributed by atoms with Crippen molar-refractivity contribution in [3.8, 4) is 5.88 Å². The molecule has 3 rings (SSSR count). The highest BCUT2D eigenvalue weighted by Gasteiger charge is 2.45. The SMILES string of the molecule is CCOC(=O)CN1CC[C@@](OC)(C(=O)Nc2ccc(N)c(C(=[NH2+])c3ccc(OC(C)C)nc3)c2)C1. The summed E-state index contributed by atoms with van der Waals surface area (Å²) in [5.41, 5.74) is 7.76. The van der Waals surface area contributed by atoms with Gasteiger partial charge in [0.1, 0.15) is 0 Å². The Balaban J connectivity index is 1.73. The fraction of sp³-hybridized carbons (Fsp3) is 0.440. The minimum atomic E-state index is -1.08. The molecule has 10 nitrogen and oxygen atoms in total. The molecule has 0 spiro atoms. The fourth-order valence-corrected chi connectivity index (χ4v) is 3.95. The summed E-state index contributed by atoms with van der Waals surface area (Å²) in [6, 6.07) is 8.66. The number of amides is 1. The Kier molecular flexibility index (Phi) is 8.42. The number of carbonyl (C=O) groups is 2. The van der Waals surface area contributed by atoms with Gasteiger partial charge in [0.25, 0.3) is 5.91 Å². The van der Waals surface area contributed by atoms with Crippen molar-refractivity contribution in [3.63, 3.8) is 0 Å². The van der Waals surface area contributed by atoms with Crippen LogP contribution in [-0.2, 0) is 19.1 Å². The van der Waals surface area contributed by atoms with Crippen molar-refractivity contribution in [3.05, 3.63) is 47.7 Å². The first-order chi connectivity index (χ1) is 16.7. The van der Waals surface area contributed by atoms with Gasteiger partial charge in [0.15, 0.2) is 5.60 Å². The lowest BCUT2D eigenvalue weighted by molar-refractivity contribution is -0.145. The first kappa shape index (κ1) is 26.1. The minimum Gasteiger partial charge on any atom is -0.475 e. The Morgan fingerprint density at radius 2 is 2.06 bits per heavy atom. The van der Waals surface area contributed by atoms with E-state index >= 15 is 0 Å². The summed E-state index contributed by atoms with van der Waals surface area (Å²) >= 11 is 0. The fourth-order valence-electron chi connectivity index (χ4n) is 3.95. The molecule has 2 aromatic rings. The third-order valence-corrected chi connectivity index (χ3v) is 5.78. The van der Waals surface area contributed by atoms with Crippen LogP contribution >= 0.6 is 0 Å². The van der Waals surface area contributed by atoms with Gasteiger partial charge >= 0.3 is 5.97 Å². The number of likely N-dealkylation sites (tertiary alicyclic amines) is 1. The van der Waals surface area contributed by atoms with Crippen molar-refractivity contribution in [2.24, 2.45) is 0 Å². The van der Waals surface area contributed by atoms with Gasteiger partial charge in [0, 0.05) is 43.8 Å². The van der Waals surface area contributed by atoms with E-state index < -0.39 is 5.60 Å². The van der Waals surface area contributed by atoms with E-state index in [1.165, 1.54) is 7.11 Å². The summed E-state index contributed by atoms with van der Waals surface area (Å²) in [4.78, 5) is 31.2. The van der Waals surface area contributed by atoms with Crippen LogP contribution in [0.1, 0.15) is 38.3 Å². The average Bonchev–Trinajstić information content (AvgIpc) is 3.24. The molecule has 0 saturated carbocycles. The predicted octanol–water partition coefficient (Wildman–Crippen LogP) is 0.640. The number of ether oxygens (including phenoxy) is 3. The van der Waals surface area contributed by atoms with E-state index in [0.29, 0.717) is 53.7 Å². The lowest BCUT2D eigenvalue weighted by Crippen LogP contribution is -2.47.